The predicted octanol–water partition coefficient (Wildman–Crippen LogP) is 1.45. The molecule has 0 aliphatic carbocycles. The number of rotatable bonds is 5. The molecule has 0 aliphatic heterocycles. The molecular formula is C14H21N5O. The number of aromatic amines is 1. The number of nitrogens with zero attached hydrogens (tertiary/aromatic N) is 3. The monoisotopic (exact) mass is 275 g/mol. The Bertz CT molecular complexity index is 605. The first-order valence-electron chi connectivity index (χ1n) is 6.70. The van der Waals surface area contributed by atoms with Crippen molar-refractivity contribution in [1.82, 2.24) is 15.1 Å². The molecule has 0 saturated carbocycles. The number of hydrogen-bond donors (Lipinski definition) is 2. The van der Waals surface area contributed by atoms with Crippen LogP contribution in [0, 0.1) is 0 Å². The minimum absolute atomic E-state index is 0.0579. The maximum atomic E-state index is 11.9. The predicted molar refractivity (Wildman–Crippen MR) is 81.7 cm³/mol. The summed E-state index contributed by atoms with van der Waals surface area (Å²) in [6, 6.07) is 3.84. The van der Waals surface area contributed by atoms with Crippen molar-refractivity contribution < 1.29 is 4.79 Å². The van der Waals surface area contributed by atoms with Crippen LogP contribution in [-0.2, 0) is 4.79 Å². The number of anilines is 2. The Morgan fingerprint density at radius 3 is 2.80 bits per heavy atom. The summed E-state index contributed by atoms with van der Waals surface area (Å²) in [7, 11) is 3.52. The molecule has 1 aromatic heterocycles. The average Bonchev–Trinajstić information content (AvgIpc) is 2.84. The van der Waals surface area contributed by atoms with Crippen LogP contribution in [0.15, 0.2) is 18.3 Å². The van der Waals surface area contributed by atoms with E-state index in [0.717, 1.165) is 29.6 Å². The average molecular weight is 275 g/mol. The molecule has 0 saturated heterocycles. The van der Waals surface area contributed by atoms with Crippen LogP contribution < -0.4 is 10.6 Å². The van der Waals surface area contributed by atoms with E-state index in [4.69, 9.17) is 5.73 Å². The van der Waals surface area contributed by atoms with Crippen LogP contribution in [0.5, 0.6) is 0 Å². The summed E-state index contributed by atoms with van der Waals surface area (Å²) in [4.78, 5) is 15.6. The molecule has 108 valence electrons. The van der Waals surface area contributed by atoms with Gasteiger partial charge in [-0.15, -0.1) is 0 Å². The number of fused-ring (bicyclic) bond motifs is 1. The van der Waals surface area contributed by atoms with Crippen molar-refractivity contribution >= 4 is 28.2 Å². The highest BCUT2D eigenvalue weighted by Crippen LogP contribution is 2.28. The molecule has 1 heterocycles. The summed E-state index contributed by atoms with van der Waals surface area (Å²) in [6.07, 6.45) is 2.69. The van der Waals surface area contributed by atoms with E-state index in [2.05, 4.69) is 17.1 Å². The molecule has 2 rings (SSSR count). The number of H-pyrrole nitrogens is 1. The Balaban J connectivity index is 2.34. The smallest absolute Gasteiger partial charge is 0.241 e. The minimum Gasteiger partial charge on any atom is -0.397 e. The van der Waals surface area contributed by atoms with Gasteiger partial charge in [0.2, 0.25) is 5.91 Å². The molecule has 0 spiro atoms. The zero-order chi connectivity index (χ0) is 14.7. The van der Waals surface area contributed by atoms with Gasteiger partial charge in [-0.3, -0.25) is 9.89 Å². The number of nitrogen functional groups attached to an aromatic ring is 1. The summed E-state index contributed by atoms with van der Waals surface area (Å²) in [6.45, 7) is 3.19. The fourth-order valence-electron chi connectivity index (χ4n) is 2.13. The second-order valence-corrected chi connectivity index (χ2v) is 5.08. The van der Waals surface area contributed by atoms with Gasteiger partial charge in [0.25, 0.3) is 0 Å². The van der Waals surface area contributed by atoms with E-state index >= 15 is 0 Å². The Morgan fingerprint density at radius 2 is 2.15 bits per heavy atom. The van der Waals surface area contributed by atoms with Crippen molar-refractivity contribution in [2.45, 2.75) is 13.3 Å². The highest BCUT2D eigenvalue weighted by molar-refractivity contribution is 5.90. The van der Waals surface area contributed by atoms with Gasteiger partial charge in [0.15, 0.2) is 0 Å². The van der Waals surface area contributed by atoms with Gasteiger partial charge in [-0.1, -0.05) is 6.92 Å². The van der Waals surface area contributed by atoms with E-state index < -0.39 is 0 Å². The molecule has 20 heavy (non-hydrogen) atoms. The van der Waals surface area contributed by atoms with Crippen molar-refractivity contribution in [3.05, 3.63) is 18.3 Å². The third-order valence-electron chi connectivity index (χ3n) is 3.25. The maximum absolute atomic E-state index is 11.9. The third kappa shape index (κ3) is 2.84. The Kier molecular flexibility index (Phi) is 4.12. The highest BCUT2D eigenvalue weighted by Gasteiger charge is 2.15. The Morgan fingerprint density at radius 1 is 1.40 bits per heavy atom. The summed E-state index contributed by atoms with van der Waals surface area (Å²) in [5.41, 5.74) is 8.58. The summed E-state index contributed by atoms with van der Waals surface area (Å²) < 4.78 is 0. The van der Waals surface area contributed by atoms with E-state index in [1.165, 1.54) is 0 Å². The lowest BCUT2D eigenvalue weighted by molar-refractivity contribution is -0.127. The number of carbonyl (C=O) groups excluding carboxylic acids is 1. The molecule has 1 amide bonds. The van der Waals surface area contributed by atoms with Gasteiger partial charge in [-0.05, 0) is 18.6 Å². The topological polar surface area (TPSA) is 78.2 Å². The molecule has 0 aliphatic rings. The van der Waals surface area contributed by atoms with E-state index in [-0.39, 0.29) is 5.91 Å². The van der Waals surface area contributed by atoms with E-state index in [9.17, 15) is 4.79 Å². The first kappa shape index (κ1) is 14.2. The highest BCUT2D eigenvalue weighted by atomic mass is 16.2. The number of aromatic nitrogens is 2. The van der Waals surface area contributed by atoms with Crippen molar-refractivity contribution in [1.29, 1.82) is 0 Å². The standard InChI is InChI=1S/C14H21N5O/c1-4-5-19(9-14(20)18(2)3)13-7-12-10(6-11(13)15)8-16-17-12/h6-8H,4-5,9,15H2,1-3H3,(H,16,17). The minimum atomic E-state index is 0.0579. The lowest BCUT2D eigenvalue weighted by Crippen LogP contribution is -2.37. The van der Waals surface area contributed by atoms with Crippen molar-refractivity contribution in [2.75, 3.05) is 37.8 Å². The van der Waals surface area contributed by atoms with Crippen molar-refractivity contribution in [3.63, 3.8) is 0 Å². The van der Waals surface area contributed by atoms with Gasteiger partial charge in [-0.25, -0.2) is 0 Å². The molecule has 1 aromatic carbocycles. The molecule has 0 unspecified atom stereocenters. The molecule has 0 fully saturated rings. The van der Waals surface area contributed by atoms with Gasteiger partial charge in [0.05, 0.1) is 29.6 Å². The molecular weight excluding hydrogens is 254 g/mol. The molecule has 0 bridgehead atoms. The van der Waals surface area contributed by atoms with E-state index in [0.29, 0.717) is 12.2 Å². The Labute approximate surface area is 118 Å². The second kappa shape index (κ2) is 5.81. The summed E-state index contributed by atoms with van der Waals surface area (Å²) in [5.74, 6) is 0.0579. The van der Waals surface area contributed by atoms with Gasteiger partial charge in [-0.2, -0.15) is 5.10 Å². The van der Waals surface area contributed by atoms with Crippen molar-refractivity contribution in [2.24, 2.45) is 0 Å². The quantitative estimate of drug-likeness (QED) is 0.810. The SMILES string of the molecule is CCCN(CC(=O)N(C)C)c1cc2[nH]ncc2cc1N. The Hall–Kier alpha value is -2.24. The van der Waals surface area contributed by atoms with Crippen LogP contribution in [0.25, 0.3) is 10.9 Å². The maximum Gasteiger partial charge on any atom is 0.241 e. The first-order chi connectivity index (χ1) is 9.52. The van der Waals surface area contributed by atoms with Crippen LogP contribution in [0.3, 0.4) is 0 Å². The van der Waals surface area contributed by atoms with Crippen LogP contribution in [0.4, 0.5) is 11.4 Å². The zero-order valence-electron chi connectivity index (χ0n) is 12.2. The molecule has 6 nitrogen and oxygen atoms in total. The van der Waals surface area contributed by atoms with Gasteiger partial charge in [0.1, 0.15) is 0 Å². The number of amides is 1. The lowest BCUT2D eigenvalue weighted by atomic mass is 10.2. The number of nitrogens with one attached hydrogen (secondary N) is 1. The number of benzene rings is 1. The van der Waals surface area contributed by atoms with Gasteiger partial charge >= 0.3 is 0 Å². The van der Waals surface area contributed by atoms with Crippen molar-refractivity contribution in [3.8, 4) is 0 Å². The van der Waals surface area contributed by atoms with Crippen LogP contribution in [0.1, 0.15) is 13.3 Å². The fraction of sp³-hybridized carbons (Fsp3) is 0.429. The molecule has 0 radical (unpaired) electrons. The summed E-state index contributed by atoms with van der Waals surface area (Å²) >= 11 is 0. The van der Waals surface area contributed by atoms with Crippen LogP contribution in [0.2, 0.25) is 0 Å². The summed E-state index contributed by atoms with van der Waals surface area (Å²) in [5, 5.41) is 7.91. The first-order valence-corrected chi connectivity index (χ1v) is 6.70. The van der Waals surface area contributed by atoms with Crippen LogP contribution in [-0.4, -0.2) is 48.2 Å². The molecule has 0 atom stereocenters. The largest absolute Gasteiger partial charge is 0.397 e. The second-order valence-electron chi connectivity index (χ2n) is 5.08. The third-order valence-corrected chi connectivity index (χ3v) is 3.25. The number of hydrogen-bond acceptors (Lipinski definition) is 4. The zero-order valence-corrected chi connectivity index (χ0v) is 12.2. The van der Waals surface area contributed by atoms with Gasteiger partial charge < -0.3 is 15.5 Å². The van der Waals surface area contributed by atoms with E-state index in [1.807, 2.05) is 17.0 Å². The molecule has 6 heteroatoms. The number of carbonyl (C=O) groups is 1. The number of nitrogens with two attached hydrogens (primary N) is 1. The van der Waals surface area contributed by atoms with E-state index in [1.54, 1.807) is 25.2 Å². The van der Waals surface area contributed by atoms with Gasteiger partial charge in [0, 0.05) is 26.0 Å². The lowest BCUT2D eigenvalue weighted by Gasteiger charge is -2.26. The number of likely N-dealkylation sites (N-methyl/N-ethyl adjacent to an activating group) is 1. The fourth-order valence-corrected chi connectivity index (χ4v) is 2.13. The van der Waals surface area contributed by atoms with Crippen LogP contribution >= 0.6 is 0 Å². The normalized spacial score (nSPS) is 10.8. The molecule has 3 N–H and O–H groups in total. The molecule has 2 aromatic rings.